The highest BCUT2D eigenvalue weighted by molar-refractivity contribution is 4.77. The quantitative estimate of drug-likeness (QED) is 0.803. The molecule has 0 bridgehead atoms. The van der Waals surface area contributed by atoms with Gasteiger partial charge in [0.15, 0.2) is 0 Å². The molecule has 4 heteroatoms. The van der Waals surface area contributed by atoms with E-state index in [0.717, 1.165) is 32.0 Å². The van der Waals surface area contributed by atoms with Crippen LogP contribution in [0.25, 0.3) is 0 Å². The summed E-state index contributed by atoms with van der Waals surface area (Å²) in [5.41, 5.74) is 0. The minimum absolute atomic E-state index is 0.327. The summed E-state index contributed by atoms with van der Waals surface area (Å²) in [4.78, 5) is 5.09. The van der Waals surface area contributed by atoms with Crippen molar-refractivity contribution < 1.29 is 9.84 Å². The molecule has 2 heterocycles. The van der Waals surface area contributed by atoms with Gasteiger partial charge in [0.25, 0.3) is 0 Å². The van der Waals surface area contributed by atoms with Crippen molar-refractivity contribution in [2.45, 2.75) is 51.7 Å². The van der Waals surface area contributed by atoms with Gasteiger partial charge in [-0.3, -0.25) is 4.90 Å². The zero-order chi connectivity index (χ0) is 14.4. The molecule has 2 rings (SSSR count). The van der Waals surface area contributed by atoms with Crippen molar-refractivity contribution in [3.8, 4) is 0 Å². The maximum Gasteiger partial charge on any atom is 0.0678 e. The van der Waals surface area contributed by atoms with E-state index >= 15 is 0 Å². The fraction of sp³-hybridized carbons (Fsp3) is 1.00. The first-order valence-corrected chi connectivity index (χ1v) is 8.38. The fourth-order valence-corrected chi connectivity index (χ4v) is 3.63. The third-order valence-electron chi connectivity index (χ3n) is 4.69. The number of piperidine rings is 1. The molecule has 4 nitrogen and oxygen atoms in total. The smallest absolute Gasteiger partial charge is 0.0678 e. The summed E-state index contributed by atoms with van der Waals surface area (Å²) in [6.45, 7) is 11.6. The molecular formula is C16H32N2O2. The van der Waals surface area contributed by atoms with Crippen LogP contribution in [0.3, 0.4) is 0 Å². The van der Waals surface area contributed by atoms with Crippen LogP contribution in [0.5, 0.6) is 0 Å². The third-order valence-corrected chi connectivity index (χ3v) is 4.69. The summed E-state index contributed by atoms with van der Waals surface area (Å²) in [6, 6.07) is 0. The number of aliphatic hydroxyl groups is 1. The second-order valence-corrected chi connectivity index (χ2v) is 6.67. The first-order chi connectivity index (χ1) is 9.67. The number of nitrogens with zero attached hydrogens (tertiary/aromatic N) is 2. The summed E-state index contributed by atoms with van der Waals surface area (Å²) < 4.78 is 5.79. The van der Waals surface area contributed by atoms with E-state index in [0.29, 0.717) is 18.8 Å². The maximum atomic E-state index is 8.88. The van der Waals surface area contributed by atoms with Crippen LogP contribution in [0, 0.1) is 5.92 Å². The topological polar surface area (TPSA) is 35.9 Å². The van der Waals surface area contributed by atoms with Crippen LogP contribution in [-0.4, -0.2) is 73.0 Å². The molecule has 118 valence electrons. The van der Waals surface area contributed by atoms with Crippen LogP contribution in [0.4, 0.5) is 0 Å². The Morgan fingerprint density at radius 1 is 1.00 bits per heavy atom. The minimum atomic E-state index is 0.327. The average molecular weight is 284 g/mol. The monoisotopic (exact) mass is 284 g/mol. The van der Waals surface area contributed by atoms with Gasteiger partial charge < -0.3 is 14.7 Å². The molecule has 0 aromatic heterocycles. The van der Waals surface area contributed by atoms with Gasteiger partial charge in [0, 0.05) is 26.2 Å². The molecule has 2 aliphatic heterocycles. The number of ether oxygens (including phenoxy) is 1. The molecule has 0 saturated carbocycles. The second-order valence-electron chi connectivity index (χ2n) is 6.67. The van der Waals surface area contributed by atoms with E-state index in [9.17, 15) is 0 Å². The molecule has 0 amide bonds. The van der Waals surface area contributed by atoms with Gasteiger partial charge in [0.2, 0.25) is 0 Å². The number of hydrogen-bond donors (Lipinski definition) is 1. The highest BCUT2D eigenvalue weighted by Crippen LogP contribution is 2.22. The molecular weight excluding hydrogens is 252 g/mol. The SMILES string of the molecule is CC1CN(CCC2CCN(CCCO)CC2)CC(C)O1. The lowest BCUT2D eigenvalue weighted by molar-refractivity contribution is -0.0693. The molecule has 2 unspecified atom stereocenters. The molecule has 2 aliphatic rings. The normalized spacial score (nSPS) is 30.8. The van der Waals surface area contributed by atoms with Crippen LogP contribution in [0.1, 0.15) is 39.5 Å². The fourth-order valence-electron chi connectivity index (χ4n) is 3.63. The van der Waals surface area contributed by atoms with Gasteiger partial charge >= 0.3 is 0 Å². The van der Waals surface area contributed by atoms with Crippen molar-refractivity contribution in [2.75, 3.05) is 45.9 Å². The Morgan fingerprint density at radius 3 is 2.25 bits per heavy atom. The molecule has 0 radical (unpaired) electrons. The second kappa shape index (κ2) is 8.32. The van der Waals surface area contributed by atoms with Gasteiger partial charge in [0.1, 0.15) is 0 Å². The Hall–Kier alpha value is -0.160. The van der Waals surface area contributed by atoms with Crippen LogP contribution >= 0.6 is 0 Å². The summed E-state index contributed by atoms with van der Waals surface area (Å²) >= 11 is 0. The van der Waals surface area contributed by atoms with E-state index < -0.39 is 0 Å². The molecule has 0 aromatic carbocycles. The Bertz CT molecular complexity index is 257. The molecule has 2 saturated heterocycles. The summed E-state index contributed by atoms with van der Waals surface area (Å²) in [5, 5.41) is 8.88. The maximum absolute atomic E-state index is 8.88. The predicted octanol–water partition coefficient (Wildman–Crippen LogP) is 1.58. The minimum Gasteiger partial charge on any atom is -0.396 e. The van der Waals surface area contributed by atoms with Crippen molar-refractivity contribution >= 4 is 0 Å². The Balaban J connectivity index is 1.61. The van der Waals surface area contributed by atoms with Gasteiger partial charge in [0.05, 0.1) is 12.2 Å². The Kier molecular flexibility index (Phi) is 6.75. The van der Waals surface area contributed by atoms with Crippen LogP contribution in [0.15, 0.2) is 0 Å². The summed E-state index contributed by atoms with van der Waals surface area (Å²) in [5.74, 6) is 0.897. The van der Waals surface area contributed by atoms with Crippen molar-refractivity contribution in [1.29, 1.82) is 0 Å². The first kappa shape index (κ1) is 16.2. The van der Waals surface area contributed by atoms with Gasteiger partial charge in [-0.25, -0.2) is 0 Å². The van der Waals surface area contributed by atoms with Gasteiger partial charge in [-0.05, 0) is 65.1 Å². The molecule has 2 fully saturated rings. The van der Waals surface area contributed by atoms with Crippen LogP contribution in [-0.2, 0) is 4.74 Å². The predicted molar refractivity (Wildman–Crippen MR) is 81.9 cm³/mol. The van der Waals surface area contributed by atoms with Crippen molar-refractivity contribution in [3.63, 3.8) is 0 Å². The number of morpholine rings is 1. The molecule has 1 N–H and O–H groups in total. The number of rotatable bonds is 6. The molecule has 0 spiro atoms. The van der Waals surface area contributed by atoms with Crippen molar-refractivity contribution in [3.05, 3.63) is 0 Å². The molecule has 0 aliphatic carbocycles. The number of hydrogen-bond acceptors (Lipinski definition) is 4. The zero-order valence-corrected chi connectivity index (χ0v) is 13.3. The standard InChI is InChI=1S/C16H32N2O2/c1-14-12-18(13-15(2)20-14)10-6-16-4-8-17(9-5-16)7-3-11-19/h14-16,19H,3-13H2,1-2H3. The van der Waals surface area contributed by atoms with Crippen LogP contribution in [0.2, 0.25) is 0 Å². The van der Waals surface area contributed by atoms with Crippen LogP contribution < -0.4 is 0 Å². The summed E-state index contributed by atoms with van der Waals surface area (Å²) in [7, 11) is 0. The molecule has 20 heavy (non-hydrogen) atoms. The lowest BCUT2D eigenvalue weighted by Crippen LogP contribution is -2.46. The lowest BCUT2D eigenvalue weighted by atomic mass is 9.93. The van der Waals surface area contributed by atoms with E-state index in [1.54, 1.807) is 0 Å². The highest BCUT2D eigenvalue weighted by atomic mass is 16.5. The third kappa shape index (κ3) is 5.32. The van der Waals surface area contributed by atoms with Crippen molar-refractivity contribution in [2.24, 2.45) is 5.92 Å². The largest absolute Gasteiger partial charge is 0.396 e. The van der Waals surface area contributed by atoms with Gasteiger partial charge in [-0.2, -0.15) is 0 Å². The van der Waals surface area contributed by atoms with E-state index in [4.69, 9.17) is 9.84 Å². The average Bonchev–Trinajstić information content (AvgIpc) is 2.43. The Morgan fingerprint density at radius 2 is 1.65 bits per heavy atom. The first-order valence-electron chi connectivity index (χ1n) is 8.38. The van der Waals surface area contributed by atoms with E-state index in [-0.39, 0.29) is 0 Å². The number of likely N-dealkylation sites (tertiary alicyclic amines) is 1. The van der Waals surface area contributed by atoms with E-state index in [1.165, 1.54) is 38.9 Å². The molecule has 2 atom stereocenters. The zero-order valence-electron chi connectivity index (χ0n) is 13.3. The lowest BCUT2D eigenvalue weighted by Gasteiger charge is -2.37. The van der Waals surface area contributed by atoms with Gasteiger partial charge in [-0.1, -0.05) is 0 Å². The summed E-state index contributed by atoms with van der Waals surface area (Å²) in [6.07, 6.45) is 5.71. The van der Waals surface area contributed by atoms with Gasteiger partial charge in [-0.15, -0.1) is 0 Å². The van der Waals surface area contributed by atoms with E-state index in [1.807, 2.05) is 0 Å². The molecule has 0 aromatic rings. The van der Waals surface area contributed by atoms with E-state index in [2.05, 4.69) is 23.6 Å². The van der Waals surface area contributed by atoms with Crippen molar-refractivity contribution in [1.82, 2.24) is 9.80 Å². The number of aliphatic hydroxyl groups excluding tert-OH is 1. The highest BCUT2D eigenvalue weighted by Gasteiger charge is 2.24. The Labute approximate surface area is 124 Å².